The zero-order chi connectivity index (χ0) is 10.3. The fraction of sp³-hybridized carbons (Fsp3) is 0.143. The van der Waals surface area contributed by atoms with Gasteiger partial charge in [-0.2, -0.15) is 0 Å². The SMILES string of the molecule is C[I+]c1ccccc1.F[B-](F)(F)F. The van der Waals surface area contributed by atoms with Crippen molar-refractivity contribution in [1.82, 2.24) is 0 Å². The summed E-state index contributed by atoms with van der Waals surface area (Å²) in [4.78, 5) is 2.27. The van der Waals surface area contributed by atoms with E-state index < -0.39 is 7.25 Å². The third-order valence-corrected chi connectivity index (χ3v) is 2.92. The van der Waals surface area contributed by atoms with E-state index in [9.17, 15) is 17.3 Å². The number of benzene rings is 1. The van der Waals surface area contributed by atoms with Crippen molar-refractivity contribution >= 4 is 7.25 Å². The highest BCUT2D eigenvalue weighted by Crippen LogP contribution is 2.06. The Labute approximate surface area is 84.7 Å². The molecule has 0 aliphatic rings. The normalized spacial score (nSPS) is 10.2. The van der Waals surface area contributed by atoms with Crippen molar-refractivity contribution in [3.63, 3.8) is 0 Å². The maximum atomic E-state index is 9.75. The molecular weight excluding hydrogens is 298 g/mol. The van der Waals surface area contributed by atoms with E-state index in [1.165, 1.54) is 3.57 Å². The summed E-state index contributed by atoms with van der Waals surface area (Å²) in [6.07, 6.45) is 0. The Bertz CT molecular complexity index is 218. The van der Waals surface area contributed by atoms with Gasteiger partial charge in [0.2, 0.25) is 0 Å². The molecule has 0 spiro atoms. The summed E-state index contributed by atoms with van der Waals surface area (Å²) in [5.74, 6) is 0. The summed E-state index contributed by atoms with van der Waals surface area (Å²) < 4.78 is 40.5. The van der Waals surface area contributed by atoms with Crippen LogP contribution in [0.3, 0.4) is 0 Å². The molecule has 0 radical (unpaired) electrons. The molecule has 0 nitrogen and oxygen atoms in total. The summed E-state index contributed by atoms with van der Waals surface area (Å²) in [6.45, 7) is 0. The summed E-state index contributed by atoms with van der Waals surface area (Å²) in [5, 5.41) is 0. The van der Waals surface area contributed by atoms with E-state index in [4.69, 9.17) is 0 Å². The lowest BCUT2D eigenvalue weighted by Crippen LogP contribution is -3.60. The van der Waals surface area contributed by atoms with Gasteiger partial charge < -0.3 is 17.3 Å². The Morgan fingerprint density at radius 2 is 1.38 bits per heavy atom. The summed E-state index contributed by atoms with van der Waals surface area (Å²) in [6, 6.07) is 10.6. The molecule has 0 saturated heterocycles. The first kappa shape index (κ1) is 12.7. The molecule has 0 heterocycles. The van der Waals surface area contributed by atoms with Gasteiger partial charge in [0.05, 0.1) is 0 Å². The van der Waals surface area contributed by atoms with Crippen molar-refractivity contribution in [2.45, 2.75) is 0 Å². The van der Waals surface area contributed by atoms with Crippen molar-refractivity contribution in [3.8, 4) is 0 Å². The monoisotopic (exact) mass is 306 g/mol. The van der Waals surface area contributed by atoms with E-state index >= 15 is 0 Å². The van der Waals surface area contributed by atoms with Gasteiger partial charge in [0.25, 0.3) is 0 Å². The minimum atomic E-state index is -6.00. The average Bonchev–Trinajstić information content (AvgIpc) is 2.03. The molecule has 0 aliphatic heterocycles. The van der Waals surface area contributed by atoms with E-state index in [-0.39, 0.29) is 0 Å². The fourth-order valence-electron chi connectivity index (χ4n) is 0.541. The molecule has 6 heteroatoms. The highest BCUT2D eigenvalue weighted by atomic mass is 127. The highest BCUT2D eigenvalue weighted by molar-refractivity contribution is 6.50. The molecule has 1 aromatic rings. The first-order valence-electron chi connectivity index (χ1n) is 3.35. The molecule has 74 valence electrons. The second-order valence-electron chi connectivity index (χ2n) is 1.98. The molecule has 0 fully saturated rings. The van der Waals surface area contributed by atoms with Gasteiger partial charge in [-0.05, 0) is 12.1 Å². The number of rotatable bonds is 1. The first-order valence-corrected chi connectivity index (χ1v) is 6.59. The van der Waals surface area contributed by atoms with Crippen molar-refractivity contribution in [3.05, 3.63) is 33.9 Å². The number of hydrogen-bond donors (Lipinski definition) is 0. The zero-order valence-corrected chi connectivity index (χ0v) is 9.01. The van der Waals surface area contributed by atoms with Crippen molar-refractivity contribution < 1.29 is 38.5 Å². The molecule has 0 aliphatic carbocycles. The molecule has 1 rings (SSSR count). The second-order valence-corrected chi connectivity index (χ2v) is 4.30. The molecule has 0 N–H and O–H groups in total. The number of hydrogen-bond acceptors (Lipinski definition) is 0. The molecular formula is C7H8BF4I. The molecule has 1 aromatic carbocycles. The fourth-order valence-corrected chi connectivity index (χ4v) is 1.68. The molecule has 13 heavy (non-hydrogen) atoms. The van der Waals surface area contributed by atoms with Crippen LogP contribution in [-0.2, 0) is 0 Å². The van der Waals surface area contributed by atoms with Gasteiger partial charge in [-0.25, -0.2) is 0 Å². The zero-order valence-electron chi connectivity index (χ0n) is 6.85. The van der Waals surface area contributed by atoms with Gasteiger partial charge in [-0.1, -0.05) is 18.2 Å². The molecule has 0 bridgehead atoms. The maximum Gasteiger partial charge on any atom is 0.673 e. The third-order valence-electron chi connectivity index (χ3n) is 0.951. The van der Waals surface area contributed by atoms with Gasteiger partial charge in [0.1, 0.15) is 4.93 Å². The lowest BCUT2D eigenvalue weighted by atomic mass is 10.3. The highest BCUT2D eigenvalue weighted by Gasteiger charge is 2.20. The van der Waals surface area contributed by atoms with E-state index in [2.05, 4.69) is 35.3 Å². The second kappa shape index (κ2) is 6.23. The van der Waals surface area contributed by atoms with Gasteiger partial charge in [0.15, 0.2) is 3.57 Å². The molecule has 0 amide bonds. The lowest BCUT2D eigenvalue weighted by Gasteiger charge is -1.94. The Balaban J connectivity index is 0.000000252. The predicted molar refractivity (Wildman–Crippen MR) is 41.2 cm³/mol. The van der Waals surface area contributed by atoms with Crippen LogP contribution >= 0.6 is 0 Å². The van der Waals surface area contributed by atoms with Crippen molar-refractivity contribution in [2.75, 3.05) is 4.93 Å². The smallest absolute Gasteiger partial charge is 0.418 e. The summed E-state index contributed by atoms with van der Waals surface area (Å²) >= 11 is 0.309. The van der Waals surface area contributed by atoms with Crippen LogP contribution in [0.2, 0.25) is 0 Å². The largest absolute Gasteiger partial charge is 0.673 e. The van der Waals surface area contributed by atoms with E-state index in [1.54, 1.807) is 0 Å². The quantitative estimate of drug-likeness (QED) is 0.294. The number of halogens is 5. The maximum absolute atomic E-state index is 9.75. The molecule has 0 unspecified atom stereocenters. The standard InChI is InChI=1S/C7H8I.BF4/c1-8-7-5-3-2-4-6-7;2-1(3,4)5/h2-6H,1H3;/q+1;-1. The van der Waals surface area contributed by atoms with Crippen LogP contribution in [0.4, 0.5) is 17.3 Å². The molecule has 0 saturated carbocycles. The first-order chi connectivity index (χ1) is 5.93. The van der Waals surface area contributed by atoms with E-state index in [1.807, 2.05) is 0 Å². The van der Waals surface area contributed by atoms with Crippen molar-refractivity contribution in [1.29, 1.82) is 0 Å². The van der Waals surface area contributed by atoms with Crippen LogP contribution in [-0.4, -0.2) is 12.2 Å². The Morgan fingerprint density at radius 1 is 1.00 bits per heavy atom. The lowest BCUT2D eigenvalue weighted by molar-refractivity contribution is -0.597. The summed E-state index contributed by atoms with van der Waals surface area (Å²) in [7, 11) is -6.00. The minimum Gasteiger partial charge on any atom is -0.418 e. The molecule has 0 atom stereocenters. The summed E-state index contributed by atoms with van der Waals surface area (Å²) in [5.41, 5.74) is 0. The van der Waals surface area contributed by atoms with Crippen LogP contribution < -0.4 is 21.2 Å². The predicted octanol–water partition coefficient (Wildman–Crippen LogP) is -0.125. The topological polar surface area (TPSA) is 0 Å². The Kier molecular flexibility index (Phi) is 6.10. The van der Waals surface area contributed by atoms with Crippen molar-refractivity contribution in [2.24, 2.45) is 0 Å². The third kappa shape index (κ3) is 11.7. The van der Waals surface area contributed by atoms with Crippen LogP contribution in [0.15, 0.2) is 30.3 Å². The van der Waals surface area contributed by atoms with Gasteiger partial charge >= 0.3 is 28.5 Å². The van der Waals surface area contributed by atoms with Crippen LogP contribution in [0.5, 0.6) is 0 Å². The van der Waals surface area contributed by atoms with Gasteiger partial charge in [0, 0.05) is 0 Å². The van der Waals surface area contributed by atoms with E-state index in [0.29, 0.717) is 21.2 Å². The Hall–Kier alpha value is -0.265. The number of alkyl halides is 1. The van der Waals surface area contributed by atoms with E-state index in [0.717, 1.165) is 0 Å². The average molecular weight is 306 g/mol. The van der Waals surface area contributed by atoms with Gasteiger partial charge in [-0.3, -0.25) is 0 Å². The van der Waals surface area contributed by atoms with Crippen LogP contribution in [0, 0.1) is 3.57 Å². The Morgan fingerprint density at radius 3 is 1.62 bits per heavy atom. The molecule has 0 aromatic heterocycles. The van der Waals surface area contributed by atoms with Crippen LogP contribution in [0.1, 0.15) is 0 Å². The van der Waals surface area contributed by atoms with Gasteiger partial charge in [-0.15, -0.1) is 0 Å². The van der Waals surface area contributed by atoms with Crippen LogP contribution in [0.25, 0.3) is 0 Å². The minimum absolute atomic E-state index is 0.309.